The number of nitrogens with zero attached hydrogens (tertiary/aromatic N) is 2. The molecule has 0 saturated carbocycles. The molecule has 2 rings (SSSR count). The van der Waals surface area contributed by atoms with Crippen molar-refractivity contribution in [3.8, 4) is 0 Å². The average molecular weight is 284 g/mol. The Kier molecular flexibility index (Phi) is 5.11. The van der Waals surface area contributed by atoms with Crippen LogP contribution < -0.4 is 0 Å². The van der Waals surface area contributed by atoms with Crippen LogP contribution in [0.1, 0.15) is 47.5 Å². The molecule has 2 aliphatic heterocycles. The Morgan fingerprint density at radius 2 is 1.40 bits per heavy atom. The van der Waals surface area contributed by atoms with Gasteiger partial charge in [-0.15, -0.1) is 0 Å². The molecule has 20 heavy (non-hydrogen) atoms. The van der Waals surface area contributed by atoms with Gasteiger partial charge >= 0.3 is 0 Å². The van der Waals surface area contributed by atoms with Gasteiger partial charge < -0.3 is 9.47 Å². The number of rotatable bonds is 3. The Hall–Kier alpha value is -0.160. The van der Waals surface area contributed by atoms with Gasteiger partial charge in [-0.3, -0.25) is 9.80 Å². The molecule has 0 atom stereocenters. The predicted molar refractivity (Wildman–Crippen MR) is 81.9 cm³/mol. The molecule has 0 aliphatic carbocycles. The average Bonchev–Trinajstić information content (AvgIpc) is 2.39. The van der Waals surface area contributed by atoms with Crippen LogP contribution in [0, 0.1) is 0 Å². The maximum atomic E-state index is 6.42. The molecule has 0 unspecified atom stereocenters. The molecule has 2 heterocycles. The number of ether oxygens (including phenoxy) is 2. The number of hydrogen-bond acceptors (Lipinski definition) is 4. The number of likely N-dealkylation sites (tertiary alicyclic amines) is 1. The summed E-state index contributed by atoms with van der Waals surface area (Å²) < 4.78 is 11.9. The zero-order valence-electron chi connectivity index (χ0n) is 13.9. The summed E-state index contributed by atoms with van der Waals surface area (Å²) in [5, 5.41) is 0. The summed E-state index contributed by atoms with van der Waals surface area (Å²) in [6.07, 6.45) is 2.68. The third kappa shape index (κ3) is 4.17. The fraction of sp³-hybridized carbons (Fsp3) is 1.00. The second kappa shape index (κ2) is 6.30. The Labute approximate surface area is 124 Å². The van der Waals surface area contributed by atoms with Gasteiger partial charge in [0.2, 0.25) is 0 Å². The molecule has 0 bridgehead atoms. The zero-order valence-corrected chi connectivity index (χ0v) is 13.9. The maximum Gasteiger partial charge on any atom is 0.116 e. The molecule has 2 saturated heterocycles. The first kappa shape index (κ1) is 16.2. The van der Waals surface area contributed by atoms with Crippen molar-refractivity contribution in [2.24, 2.45) is 0 Å². The van der Waals surface area contributed by atoms with Gasteiger partial charge in [-0.05, 0) is 47.5 Å². The third-order valence-electron chi connectivity index (χ3n) is 4.62. The van der Waals surface area contributed by atoms with Crippen molar-refractivity contribution >= 4 is 0 Å². The van der Waals surface area contributed by atoms with Crippen LogP contribution in [0.25, 0.3) is 0 Å². The minimum absolute atomic E-state index is 0.168. The molecule has 0 aromatic carbocycles. The molecule has 2 fully saturated rings. The van der Waals surface area contributed by atoms with Crippen LogP contribution in [0.2, 0.25) is 0 Å². The predicted octanol–water partition coefficient (Wildman–Crippen LogP) is 2.33. The van der Waals surface area contributed by atoms with E-state index in [1.54, 1.807) is 0 Å². The Bertz CT molecular complexity index is 298. The minimum Gasteiger partial charge on any atom is -0.379 e. The molecule has 0 spiro atoms. The van der Waals surface area contributed by atoms with E-state index in [0.29, 0.717) is 6.10 Å². The quantitative estimate of drug-likeness (QED) is 0.794. The van der Waals surface area contributed by atoms with Crippen molar-refractivity contribution in [1.29, 1.82) is 0 Å². The minimum atomic E-state index is -0.168. The van der Waals surface area contributed by atoms with E-state index in [0.717, 1.165) is 52.2 Å². The van der Waals surface area contributed by atoms with Crippen LogP contribution in [-0.4, -0.2) is 66.6 Å². The number of morpholine rings is 1. The Morgan fingerprint density at radius 1 is 0.850 bits per heavy atom. The second-order valence-corrected chi connectivity index (χ2v) is 7.52. The van der Waals surface area contributed by atoms with Crippen LogP contribution >= 0.6 is 0 Å². The van der Waals surface area contributed by atoms with Gasteiger partial charge in [0.15, 0.2) is 0 Å². The van der Waals surface area contributed by atoms with E-state index < -0.39 is 0 Å². The lowest BCUT2D eigenvalue weighted by atomic mass is 9.99. The van der Waals surface area contributed by atoms with E-state index >= 15 is 0 Å². The van der Waals surface area contributed by atoms with Gasteiger partial charge in [-0.25, -0.2) is 0 Å². The van der Waals surface area contributed by atoms with Crippen molar-refractivity contribution in [1.82, 2.24) is 9.80 Å². The molecular weight excluding hydrogens is 252 g/mol. The lowest BCUT2D eigenvalue weighted by molar-refractivity contribution is -0.193. The molecule has 0 aromatic rings. The van der Waals surface area contributed by atoms with Crippen molar-refractivity contribution in [3.05, 3.63) is 0 Å². The topological polar surface area (TPSA) is 24.9 Å². The first-order valence-corrected chi connectivity index (χ1v) is 8.05. The van der Waals surface area contributed by atoms with E-state index in [1.807, 2.05) is 0 Å². The van der Waals surface area contributed by atoms with Crippen LogP contribution in [0.5, 0.6) is 0 Å². The summed E-state index contributed by atoms with van der Waals surface area (Å²) in [5.41, 5.74) is 0.114. The monoisotopic (exact) mass is 284 g/mol. The largest absolute Gasteiger partial charge is 0.379 e. The van der Waals surface area contributed by atoms with Crippen LogP contribution in [0.3, 0.4) is 0 Å². The highest BCUT2D eigenvalue weighted by atomic mass is 16.5. The number of piperidine rings is 1. The SMILES string of the molecule is CC(C)(C)N1CCC(OC(C)(C)N2CCOCC2)CC1. The van der Waals surface area contributed by atoms with Gasteiger partial charge in [0.05, 0.1) is 19.3 Å². The Balaban J connectivity index is 1.82. The highest BCUT2D eigenvalue weighted by Gasteiger charge is 2.34. The van der Waals surface area contributed by atoms with Crippen molar-refractivity contribution in [2.75, 3.05) is 39.4 Å². The highest BCUT2D eigenvalue weighted by Crippen LogP contribution is 2.27. The summed E-state index contributed by atoms with van der Waals surface area (Å²) in [6, 6.07) is 0. The fourth-order valence-electron chi connectivity index (χ4n) is 3.23. The van der Waals surface area contributed by atoms with Crippen LogP contribution in [0.4, 0.5) is 0 Å². The van der Waals surface area contributed by atoms with E-state index in [2.05, 4.69) is 44.4 Å². The summed E-state index contributed by atoms with van der Waals surface area (Å²) in [6.45, 7) is 17.2. The van der Waals surface area contributed by atoms with E-state index in [9.17, 15) is 0 Å². The van der Waals surface area contributed by atoms with Gasteiger partial charge in [-0.2, -0.15) is 0 Å². The standard InChI is InChI=1S/C16H32N2O2/c1-15(2,3)17-8-6-14(7-9-17)20-16(4,5)18-10-12-19-13-11-18/h14H,6-13H2,1-5H3. The van der Waals surface area contributed by atoms with Gasteiger partial charge in [-0.1, -0.05) is 0 Å². The third-order valence-corrected chi connectivity index (χ3v) is 4.62. The molecule has 0 radical (unpaired) electrons. The molecule has 118 valence electrons. The molecule has 4 heteroatoms. The summed E-state index contributed by atoms with van der Waals surface area (Å²) in [7, 11) is 0. The first-order chi connectivity index (χ1) is 9.29. The van der Waals surface area contributed by atoms with Crippen LogP contribution in [-0.2, 0) is 9.47 Å². The van der Waals surface area contributed by atoms with Crippen molar-refractivity contribution < 1.29 is 9.47 Å². The smallest absolute Gasteiger partial charge is 0.116 e. The van der Waals surface area contributed by atoms with Gasteiger partial charge in [0.25, 0.3) is 0 Å². The summed E-state index contributed by atoms with van der Waals surface area (Å²) >= 11 is 0. The lowest BCUT2D eigenvalue weighted by Crippen LogP contribution is -2.54. The Morgan fingerprint density at radius 3 is 1.90 bits per heavy atom. The number of hydrogen-bond donors (Lipinski definition) is 0. The normalized spacial score (nSPS) is 25.1. The van der Waals surface area contributed by atoms with E-state index in [-0.39, 0.29) is 11.3 Å². The van der Waals surface area contributed by atoms with Gasteiger partial charge in [0.1, 0.15) is 5.72 Å². The highest BCUT2D eigenvalue weighted by molar-refractivity contribution is 4.84. The molecule has 0 amide bonds. The molecule has 2 aliphatic rings. The first-order valence-electron chi connectivity index (χ1n) is 8.05. The summed E-state index contributed by atoms with van der Waals surface area (Å²) in [4.78, 5) is 4.97. The zero-order chi connectivity index (χ0) is 14.8. The second-order valence-electron chi connectivity index (χ2n) is 7.52. The van der Waals surface area contributed by atoms with E-state index in [4.69, 9.17) is 9.47 Å². The molecule has 0 aromatic heterocycles. The lowest BCUT2D eigenvalue weighted by Gasteiger charge is -2.46. The van der Waals surface area contributed by atoms with Crippen molar-refractivity contribution in [2.45, 2.75) is 64.8 Å². The molecular formula is C16H32N2O2. The maximum absolute atomic E-state index is 6.42. The molecule has 4 nitrogen and oxygen atoms in total. The fourth-order valence-corrected chi connectivity index (χ4v) is 3.23. The van der Waals surface area contributed by atoms with Gasteiger partial charge in [0, 0.05) is 31.7 Å². The van der Waals surface area contributed by atoms with Crippen molar-refractivity contribution in [3.63, 3.8) is 0 Å². The molecule has 0 N–H and O–H groups in total. The van der Waals surface area contributed by atoms with E-state index in [1.165, 1.54) is 0 Å². The summed E-state index contributed by atoms with van der Waals surface area (Å²) in [5.74, 6) is 0. The van der Waals surface area contributed by atoms with Crippen LogP contribution in [0.15, 0.2) is 0 Å².